The maximum Gasteiger partial charge on any atom is -0.00190 e. The Morgan fingerprint density at radius 2 is 1.09 bits per heavy atom. The van der Waals surface area contributed by atoms with Crippen LogP contribution in [0.1, 0.15) is 117 Å². The van der Waals surface area contributed by atoms with Gasteiger partial charge in [0.1, 0.15) is 0 Å². The summed E-state index contributed by atoms with van der Waals surface area (Å²) in [7, 11) is 0. The van der Waals surface area contributed by atoms with Crippen molar-refractivity contribution in [3.63, 3.8) is 0 Å². The summed E-state index contributed by atoms with van der Waals surface area (Å²) in [5.74, 6) is 1.10. The van der Waals surface area contributed by atoms with Gasteiger partial charge in [-0.15, -0.1) is 0 Å². The molecule has 1 aliphatic rings. The Hall–Kier alpha value is -0.0400. The Labute approximate surface area is 147 Å². The highest BCUT2D eigenvalue weighted by molar-refractivity contribution is 4.65. The van der Waals surface area contributed by atoms with E-state index in [2.05, 4.69) is 18.7 Å². The summed E-state index contributed by atoms with van der Waals surface area (Å²) in [6, 6.07) is 0. The molecule has 0 aromatic heterocycles. The molecule has 0 bridgehead atoms. The van der Waals surface area contributed by atoms with Gasteiger partial charge in [0.05, 0.1) is 0 Å². The predicted octanol–water partition coefficient (Wildman–Crippen LogP) is 7.20. The molecule has 0 N–H and O–H groups in total. The van der Waals surface area contributed by atoms with Crippen molar-refractivity contribution in [1.82, 2.24) is 4.90 Å². The molecular weight excluding hydrogens is 278 g/mol. The molecule has 1 nitrogen and oxygen atoms in total. The van der Waals surface area contributed by atoms with E-state index < -0.39 is 0 Å². The summed E-state index contributed by atoms with van der Waals surface area (Å²) < 4.78 is 0. The smallest absolute Gasteiger partial charge is 0.00190 e. The normalized spacial score (nSPS) is 16.3. The minimum absolute atomic E-state index is 1.10. The molecule has 23 heavy (non-hydrogen) atoms. The zero-order valence-electron chi connectivity index (χ0n) is 16.5. The molecule has 0 aromatic carbocycles. The van der Waals surface area contributed by atoms with Gasteiger partial charge in [-0.3, -0.25) is 0 Å². The fourth-order valence-electron chi connectivity index (χ4n) is 4.20. The molecule has 1 rings (SSSR count). The van der Waals surface area contributed by atoms with Crippen LogP contribution in [0.3, 0.4) is 0 Å². The van der Waals surface area contributed by atoms with E-state index in [1.165, 1.54) is 122 Å². The van der Waals surface area contributed by atoms with Crippen LogP contribution in [0, 0.1) is 5.92 Å². The molecule has 1 heteroatoms. The van der Waals surface area contributed by atoms with Crippen molar-refractivity contribution in [3.8, 4) is 0 Å². The third-order valence-corrected chi connectivity index (χ3v) is 5.96. The van der Waals surface area contributed by atoms with Crippen molar-refractivity contribution in [1.29, 1.82) is 0 Å². The lowest BCUT2D eigenvalue weighted by Crippen LogP contribution is -2.23. The molecule has 1 saturated carbocycles. The summed E-state index contributed by atoms with van der Waals surface area (Å²) in [6.07, 6.45) is 23.9. The molecule has 138 valence electrons. The third-order valence-electron chi connectivity index (χ3n) is 5.96. The lowest BCUT2D eigenvalue weighted by Gasteiger charge is -2.21. The van der Waals surface area contributed by atoms with Crippen LogP contribution in [-0.2, 0) is 0 Å². The first-order valence-electron chi connectivity index (χ1n) is 11.1. The van der Waals surface area contributed by atoms with Crippen LogP contribution in [0.25, 0.3) is 0 Å². The van der Waals surface area contributed by atoms with Gasteiger partial charge in [-0.25, -0.2) is 0 Å². The van der Waals surface area contributed by atoms with Gasteiger partial charge in [0.15, 0.2) is 0 Å². The number of hydrogen-bond acceptors (Lipinski definition) is 1. The van der Waals surface area contributed by atoms with Crippen LogP contribution in [0.2, 0.25) is 0 Å². The molecule has 0 saturated heterocycles. The zero-order chi connectivity index (χ0) is 16.6. The lowest BCUT2D eigenvalue weighted by molar-refractivity contribution is 0.295. The fraction of sp³-hybridized carbons (Fsp3) is 1.00. The van der Waals surface area contributed by atoms with E-state index in [0.29, 0.717) is 0 Å². The van der Waals surface area contributed by atoms with E-state index in [1.807, 2.05) is 0 Å². The van der Waals surface area contributed by atoms with Gasteiger partial charge in [-0.2, -0.15) is 0 Å². The summed E-state index contributed by atoms with van der Waals surface area (Å²) in [5.41, 5.74) is 0. The molecule has 0 heterocycles. The molecule has 1 aliphatic carbocycles. The summed E-state index contributed by atoms with van der Waals surface area (Å²) in [5, 5.41) is 0. The van der Waals surface area contributed by atoms with Gasteiger partial charge in [-0.05, 0) is 32.0 Å². The first-order chi connectivity index (χ1) is 11.4. The van der Waals surface area contributed by atoms with Crippen LogP contribution in [0.4, 0.5) is 0 Å². The van der Waals surface area contributed by atoms with Crippen molar-refractivity contribution in [2.75, 3.05) is 19.6 Å². The number of nitrogens with zero attached hydrogens (tertiary/aromatic N) is 1. The lowest BCUT2D eigenvalue weighted by atomic mass is 9.85. The highest BCUT2D eigenvalue weighted by Gasteiger charge is 2.12. The molecule has 0 amide bonds. The van der Waals surface area contributed by atoms with Gasteiger partial charge in [0.25, 0.3) is 0 Å². The molecule has 0 aromatic rings. The highest BCUT2D eigenvalue weighted by atomic mass is 15.1. The summed E-state index contributed by atoms with van der Waals surface area (Å²) >= 11 is 0. The van der Waals surface area contributed by atoms with Crippen LogP contribution in [0.15, 0.2) is 0 Å². The zero-order valence-corrected chi connectivity index (χ0v) is 16.5. The largest absolute Gasteiger partial charge is 0.304 e. The Morgan fingerprint density at radius 1 is 0.609 bits per heavy atom. The number of hydrogen-bond donors (Lipinski definition) is 0. The van der Waals surface area contributed by atoms with Crippen LogP contribution in [-0.4, -0.2) is 24.5 Å². The van der Waals surface area contributed by atoms with Gasteiger partial charge < -0.3 is 4.90 Å². The fourth-order valence-corrected chi connectivity index (χ4v) is 4.20. The van der Waals surface area contributed by atoms with Crippen molar-refractivity contribution >= 4 is 0 Å². The molecular formula is C22H45N. The van der Waals surface area contributed by atoms with E-state index in [4.69, 9.17) is 0 Å². The minimum atomic E-state index is 1.10. The standard InChI is InChI=1S/C22H45N/c1-3-23(4-2)21-17-12-10-8-6-5-7-9-11-14-18-22-19-15-13-16-20-22/h22H,3-21H2,1-2H3. The summed E-state index contributed by atoms with van der Waals surface area (Å²) in [6.45, 7) is 8.31. The van der Waals surface area contributed by atoms with E-state index in [1.54, 1.807) is 0 Å². The Morgan fingerprint density at radius 3 is 1.61 bits per heavy atom. The molecule has 0 radical (unpaired) electrons. The van der Waals surface area contributed by atoms with Gasteiger partial charge >= 0.3 is 0 Å². The van der Waals surface area contributed by atoms with E-state index >= 15 is 0 Å². The number of rotatable bonds is 15. The topological polar surface area (TPSA) is 3.24 Å². The average Bonchev–Trinajstić information content (AvgIpc) is 2.60. The van der Waals surface area contributed by atoms with Crippen molar-refractivity contribution in [2.45, 2.75) is 117 Å². The Balaban J connectivity index is 1.73. The predicted molar refractivity (Wildman–Crippen MR) is 105 cm³/mol. The Kier molecular flexibility index (Phi) is 14.1. The quantitative estimate of drug-likeness (QED) is 0.288. The second-order valence-corrected chi connectivity index (χ2v) is 7.86. The minimum Gasteiger partial charge on any atom is -0.304 e. The maximum absolute atomic E-state index is 2.55. The monoisotopic (exact) mass is 323 g/mol. The van der Waals surface area contributed by atoms with Gasteiger partial charge in [-0.1, -0.05) is 110 Å². The first kappa shape index (κ1) is 21.0. The molecule has 0 aliphatic heterocycles. The first-order valence-corrected chi connectivity index (χ1v) is 11.1. The molecule has 0 atom stereocenters. The van der Waals surface area contributed by atoms with Crippen LogP contribution < -0.4 is 0 Å². The average molecular weight is 324 g/mol. The summed E-state index contributed by atoms with van der Waals surface area (Å²) in [4.78, 5) is 2.55. The molecule has 0 spiro atoms. The molecule has 1 fully saturated rings. The van der Waals surface area contributed by atoms with Crippen molar-refractivity contribution in [3.05, 3.63) is 0 Å². The highest BCUT2D eigenvalue weighted by Crippen LogP contribution is 2.28. The van der Waals surface area contributed by atoms with Crippen LogP contribution in [0.5, 0.6) is 0 Å². The van der Waals surface area contributed by atoms with E-state index in [-0.39, 0.29) is 0 Å². The SMILES string of the molecule is CCN(CC)CCCCCCCCCCCCC1CCCCC1. The second-order valence-electron chi connectivity index (χ2n) is 7.86. The van der Waals surface area contributed by atoms with Crippen molar-refractivity contribution < 1.29 is 0 Å². The van der Waals surface area contributed by atoms with E-state index in [0.717, 1.165) is 5.92 Å². The number of unbranched alkanes of at least 4 members (excludes halogenated alkanes) is 9. The van der Waals surface area contributed by atoms with Crippen molar-refractivity contribution in [2.24, 2.45) is 5.92 Å². The third kappa shape index (κ3) is 12.0. The van der Waals surface area contributed by atoms with Gasteiger partial charge in [0.2, 0.25) is 0 Å². The molecule has 0 unspecified atom stereocenters. The van der Waals surface area contributed by atoms with Crippen LogP contribution >= 0.6 is 0 Å². The van der Waals surface area contributed by atoms with E-state index in [9.17, 15) is 0 Å². The Bertz CT molecular complexity index is 228. The maximum atomic E-state index is 2.55. The second kappa shape index (κ2) is 15.5. The van der Waals surface area contributed by atoms with Gasteiger partial charge in [0, 0.05) is 0 Å².